The van der Waals surface area contributed by atoms with E-state index in [0.717, 1.165) is 0 Å². The molecule has 0 bridgehead atoms. The fourth-order valence-corrected chi connectivity index (χ4v) is 2.46. The van der Waals surface area contributed by atoms with Crippen molar-refractivity contribution >= 4 is 42.3 Å². The Morgan fingerprint density at radius 1 is 0.897 bits per heavy atom. The summed E-state index contributed by atoms with van der Waals surface area (Å²) in [7, 11) is 0. The van der Waals surface area contributed by atoms with E-state index in [4.69, 9.17) is 15.9 Å². The number of aliphatic carboxylic acids is 2. The average molecular weight is 436 g/mol. The summed E-state index contributed by atoms with van der Waals surface area (Å²) in [6.45, 7) is 2.85. The Morgan fingerprint density at radius 2 is 1.38 bits per heavy atom. The number of hydrogen-bond acceptors (Lipinski definition) is 8. The van der Waals surface area contributed by atoms with E-state index in [1.165, 1.54) is 0 Å². The van der Waals surface area contributed by atoms with Crippen molar-refractivity contribution in [3.05, 3.63) is 0 Å². The second-order valence-corrected chi connectivity index (χ2v) is 7.09. The molecule has 0 aliphatic heterocycles. The molecule has 0 aromatic rings. The number of carbonyl (C=O) groups is 5. The number of thiol groups is 1. The third-order valence-corrected chi connectivity index (χ3v) is 4.05. The van der Waals surface area contributed by atoms with Gasteiger partial charge >= 0.3 is 11.9 Å². The van der Waals surface area contributed by atoms with Gasteiger partial charge in [-0.3, -0.25) is 19.2 Å². The van der Waals surface area contributed by atoms with Crippen molar-refractivity contribution < 1.29 is 39.3 Å². The fourth-order valence-electron chi connectivity index (χ4n) is 2.20. The van der Waals surface area contributed by atoms with Crippen LogP contribution >= 0.6 is 12.6 Å². The standard InChI is InChI=1S/C16H28N4O8S/c1-7(2)3-8(17)13(24)20-11(6-29)15(26)19-10(5-21)14(25)18-9(16(27)28)4-12(22)23/h7-11,21,29H,3-6,17H2,1-2H3,(H,18,25)(H,19,26)(H,20,24)(H,22,23)(H,27,28). The Kier molecular flexibility index (Phi) is 11.9. The van der Waals surface area contributed by atoms with E-state index in [2.05, 4.69) is 23.3 Å². The summed E-state index contributed by atoms with van der Waals surface area (Å²) in [6.07, 6.45) is -0.509. The lowest BCUT2D eigenvalue weighted by atomic mass is 10.0. The molecule has 4 unspecified atom stereocenters. The molecule has 0 aromatic heterocycles. The zero-order chi connectivity index (χ0) is 22.7. The summed E-state index contributed by atoms with van der Waals surface area (Å²) in [5, 5.41) is 33.4. The number of hydrogen-bond donors (Lipinski definition) is 8. The molecular weight excluding hydrogens is 408 g/mol. The van der Waals surface area contributed by atoms with Gasteiger partial charge in [0.15, 0.2) is 0 Å². The topological polar surface area (TPSA) is 208 Å². The minimum Gasteiger partial charge on any atom is -0.481 e. The lowest BCUT2D eigenvalue weighted by Crippen LogP contribution is -2.58. The highest BCUT2D eigenvalue weighted by molar-refractivity contribution is 7.80. The van der Waals surface area contributed by atoms with Crippen LogP contribution in [0.2, 0.25) is 0 Å². The Balaban J connectivity index is 5.00. The summed E-state index contributed by atoms with van der Waals surface area (Å²) in [4.78, 5) is 58.2. The first kappa shape index (κ1) is 26.6. The van der Waals surface area contributed by atoms with Gasteiger partial charge in [-0.15, -0.1) is 0 Å². The van der Waals surface area contributed by atoms with Crippen molar-refractivity contribution in [2.75, 3.05) is 12.4 Å². The highest BCUT2D eigenvalue weighted by Gasteiger charge is 2.30. The maximum atomic E-state index is 12.3. The monoisotopic (exact) mass is 436 g/mol. The van der Waals surface area contributed by atoms with Crippen LogP contribution in [0.3, 0.4) is 0 Å². The lowest BCUT2D eigenvalue weighted by molar-refractivity contribution is -0.147. The Labute approximate surface area is 173 Å². The lowest BCUT2D eigenvalue weighted by Gasteiger charge is -2.23. The first-order chi connectivity index (χ1) is 13.4. The van der Waals surface area contributed by atoms with Crippen LogP contribution in [0.4, 0.5) is 0 Å². The van der Waals surface area contributed by atoms with Gasteiger partial charge in [0.05, 0.1) is 19.1 Å². The molecule has 0 heterocycles. The van der Waals surface area contributed by atoms with Crippen LogP contribution in [-0.4, -0.2) is 81.5 Å². The maximum Gasteiger partial charge on any atom is 0.326 e. The largest absolute Gasteiger partial charge is 0.481 e. The number of carboxylic acids is 2. The summed E-state index contributed by atoms with van der Waals surface area (Å²) in [5.74, 6) is -5.59. The first-order valence-corrected chi connectivity index (χ1v) is 9.39. The summed E-state index contributed by atoms with van der Waals surface area (Å²) in [6, 6.07) is -5.34. The molecule has 166 valence electrons. The Bertz CT molecular complexity index is 616. The number of aliphatic hydroxyl groups is 1. The fraction of sp³-hybridized carbons (Fsp3) is 0.688. The molecule has 4 atom stereocenters. The molecular formula is C16H28N4O8S. The quantitative estimate of drug-likeness (QED) is 0.141. The molecule has 0 saturated carbocycles. The summed E-state index contributed by atoms with van der Waals surface area (Å²) >= 11 is 3.97. The predicted molar refractivity (Wildman–Crippen MR) is 104 cm³/mol. The van der Waals surface area contributed by atoms with Crippen LogP contribution in [0.1, 0.15) is 26.7 Å². The van der Waals surface area contributed by atoms with E-state index in [1.54, 1.807) is 0 Å². The van der Waals surface area contributed by atoms with Gasteiger partial charge in [0.2, 0.25) is 17.7 Å². The second-order valence-electron chi connectivity index (χ2n) is 6.72. The molecule has 0 radical (unpaired) electrons. The summed E-state index contributed by atoms with van der Waals surface area (Å²) in [5.41, 5.74) is 5.74. The highest BCUT2D eigenvalue weighted by atomic mass is 32.1. The molecule has 29 heavy (non-hydrogen) atoms. The van der Waals surface area contributed by atoms with Gasteiger partial charge in [0.1, 0.15) is 18.1 Å². The molecule has 0 aromatic carbocycles. The minimum atomic E-state index is -1.75. The van der Waals surface area contributed by atoms with Crippen molar-refractivity contribution in [3.8, 4) is 0 Å². The number of carbonyl (C=O) groups excluding carboxylic acids is 3. The SMILES string of the molecule is CC(C)CC(N)C(=O)NC(CS)C(=O)NC(CO)C(=O)NC(CC(=O)O)C(=O)O. The van der Waals surface area contributed by atoms with Gasteiger partial charge in [0, 0.05) is 5.75 Å². The molecule has 13 heteroatoms. The van der Waals surface area contributed by atoms with E-state index in [1.807, 2.05) is 19.2 Å². The molecule has 0 aliphatic carbocycles. The van der Waals surface area contributed by atoms with Gasteiger partial charge in [-0.25, -0.2) is 4.79 Å². The molecule has 0 rings (SSSR count). The maximum absolute atomic E-state index is 12.3. The third-order valence-electron chi connectivity index (χ3n) is 3.69. The van der Waals surface area contributed by atoms with Crippen LogP contribution in [0.15, 0.2) is 0 Å². The summed E-state index contributed by atoms with van der Waals surface area (Å²) < 4.78 is 0. The Hall–Kier alpha value is -2.38. The highest BCUT2D eigenvalue weighted by Crippen LogP contribution is 2.03. The number of carboxylic acid groups (broad SMARTS) is 2. The van der Waals surface area contributed by atoms with E-state index in [0.29, 0.717) is 6.42 Å². The van der Waals surface area contributed by atoms with Crippen LogP contribution in [-0.2, 0) is 24.0 Å². The van der Waals surface area contributed by atoms with Crippen LogP contribution in [0.25, 0.3) is 0 Å². The molecule has 0 spiro atoms. The van der Waals surface area contributed by atoms with Crippen molar-refractivity contribution in [1.82, 2.24) is 16.0 Å². The van der Waals surface area contributed by atoms with E-state index in [-0.39, 0.29) is 11.7 Å². The number of aliphatic hydroxyl groups excluding tert-OH is 1. The molecule has 3 amide bonds. The van der Waals surface area contributed by atoms with Crippen molar-refractivity contribution in [2.24, 2.45) is 11.7 Å². The van der Waals surface area contributed by atoms with Gasteiger partial charge in [0.25, 0.3) is 0 Å². The average Bonchev–Trinajstić information content (AvgIpc) is 2.61. The third kappa shape index (κ3) is 10.1. The van der Waals surface area contributed by atoms with Crippen LogP contribution < -0.4 is 21.7 Å². The van der Waals surface area contributed by atoms with E-state index >= 15 is 0 Å². The number of amides is 3. The van der Waals surface area contributed by atoms with Crippen LogP contribution in [0, 0.1) is 5.92 Å². The van der Waals surface area contributed by atoms with E-state index in [9.17, 15) is 29.1 Å². The molecule has 0 fully saturated rings. The first-order valence-electron chi connectivity index (χ1n) is 8.75. The number of rotatable bonds is 13. The Morgan fingerprint density at radius 3 is 1.79 bits per heavy atom. The number of nitrogens with two attached hydrogens (primary N) is 1. The van der Waals surface area contributed by atoms with Gasteiger partial charge < -0.3 is 37.0 Å². The van der Waals surface area contributed by atoms with Gasteiger partial charge in [-0.1, -0.05) is 13.8 Å². The predicted octanol–water partition coefficient (Wildman–Crippen LogP) is -2.70. The van der Waals surface area contributed by atoms with Crippen molar-refractivity contribution in [3.63, 3.8) is 0 Å². The molecule has 0 saturated heterocycles. The molecule has 8 N–H and O–H groups in total. The second kappa shape index (κ2) is 13.0. The normalized spacial score (nSPS) is 15.0. The van der Waals surface area contributed by atoms with Crippen molar-refractivity contribution in [2.45, 2.75) is 50.9 Å². The van der Waals surface area contributed by atoms with Gasteiger partial charge in [-0.2, -0.15) is 12.6 Å². The zero-order valence-corrected chi connectivity index (χ0v) is 17.0. The van der Waals surface area contributed by atoms with Crippen LogP contribution in [0.5, 0.6) is 0 Å². The number of nitrogens with one attached hydrogen (secondary N) is 3. The van der Waals surface area contributed by atoms with Crippen molar-refractivity contribution in [1.29, 1.82) is 0 Å². The smallest absolute Gasteiger partial charge is 0.326 e. The molecule has 12 nitrogen and oxygen atoms in total. The minimum absolute atomic E-state index is 0.136. The zero-order valence-electron chi connectivity index (χ0n) is 16.1. The van der Waals surface area contributed by atoms with Gasteiger partial charge in [-0.05, 0) is 12.3 Å². The molecule has 0 aliphatic rings. The van der Waals surface area contributed by atoms with E-state index < -0.39 is 66.9 Å².